The zero-order chi connectivity index (χ0) is 16.8. The number of benzene rings is 2. The van der Waals surface area contributed by atoms with Crippen LogP contribution >= 0.6 is 0 Å². The summed E-state index contributed by atoms with van der Waals surface area (Å²) in [5.74, 6) is -0.545. The fourth-order valence-electron chi connectivity index (χ4n) is 2.42. The fourth-order valence-corrected chi connectivity index (χ4v) is 2.42. The highest BCUT2D eigenvalue weighted by Gasteiger charge is 2.19. The van der Waals surface area contributed by atoms with Gasteiger partial charge in [-0.1, -0.05) is 48.0 Å². The van der Waals surface area contributed by atoms with Crippen molar-refractivity contribution in [2.45, 2.75) is 26.8 Å². The Morgan fingerprint density at radius 3 is 2.43 bits per heavy atom. The van der Waals surface area contributed by atoms with Crippen LogP contribution < -0.4 is 0 Å². The lowest BCUT2D eigenvalue weighted by molar-refractivity contribution is 0.0723. The third-order valence-corrected chi connectivity index (χ3v) is 3.59. The molecule has 2 aromatic carbocycles. The molecule has 0 aliphatic carbocycles. The number of carbonyl (C=O) groups is 1. The highest BCUT2D eigenvalue weighted by molar-refractivity contribution is 5.94. The Morgan fingerprint density at radius 2 is 1.83 bits per heavy atom. The van der Waals surface area contributed by atoms with Gasteiger partial charge in [-0.25, -0.2) is 4.39 Å². The number of halogens is 1. The molecule has 0 heterocycles. The molecule has 2 rings (SSSR count). The molecule has 0 aromatic heterocycles. The van der Waals surface area contributed by atoms with Gasteiger partial charge in [-0.15, -0.1) is 0 Å². The lowest BCUT2D eigenvalue weighted by Crippen LogP contribution is -2.38. The van der Waals surface area contributed by atoms with Gasteiger partial charge in [0, 0.05) is 18.2 Å². The van der Waals surface area contributed by atoms with E-state index in [0.29, 0.717) is 12.1 Å². The summed E-state index contributed by atoms with van der Waals surface area (Å²) in [6.45, 7) is 6.45. The molecular formula is C20H22FNO. The van der Waals surface area contributed by atoms with Crippen LogP contribution in [0.2, 0.25) is 0 Å². The van der Waals surface area contributed by atoms with Crippen LogP contribution in [-0.2, 0) is 0 Å². The first-order chi connectivity index (χ1) is 11.0. The molecule has 2 nitrogen and oxygen atoms in total. The number of hydrogen-bond donors (Lipinski definition) is 0. The van der Waals surface area contributed by atoms with E-state index in [1.165, 1.54) is 12.1 Å². The first-order valence-electron chi connectivity index (χ1n) is 7.76. The van der Waals surface area contributed by atoms with Crippen molar-refractivity contribution in [1.82, 2.24) is 4.90 Å². The topological polar surface area (TPSA) is 20.3 Å². The van der Waals surface area contributed by atoms with Gasteiger partial charge in [-0.3, -0.25) is 4.79 Å². The Hall–Kier alpha value is -2.42. The smallest absolute Gasteiger partial charge is 0.254 e. The second-order valence-electron chi connectivity index (χ2n) is 5.94. The van der Waals surface area contributed by atoms with Crippen molar-refractivity contribution in [3.05, 3.63) is 77.1 Å². The van der Waals surface area contributed by atoms with E-state index in [1.807, 2.05) is 51.1 Å². The summed E-state index contributed by atoms with van der Waals surface area (Å²) in [5.41, 5.74) is 2.56. The van der Waals surface area contributed by atoms with Crippen molar-refractivity contribution in [3.63, 3.8) is 0 Å². The highest BCUT2D eigenvalue weighted by atomic mass is 19.1. The summed E-state index contributed by atoms with van der Waals surface area (Å²) in [5, 5.41) is 0. The zero-order valence-electron chi connectivity index (χ0n) is 13.8. The minimum atomic E-state index is -0.392. The van der Waals surface area contributed by atoms with Gasteiger partial charge in [-0.05, 0) is 44.5 Å². The first-order valence-corrected chi connectivity index (χ1v) is 7.76. The summed E-state index contributed by atoms with van der Waals surface area (Å²) in [6, 6.07) is 15.9. The predicted molar refractivity (Wildman–Crippen MR) is 92.7 cm³/mol. The van der Waals surface area contributed by atoms with Crippen LogP contribution in [0.25, 0.3) is 6.08 Å². The maximum atomic E-state index is 13.4. The number of hydrogen-bond acceptors (Lipinski definition) is 1. The van der Waals surface area contributed by atoms with Crippen molar-refractivity contribution in [1.29, 1.82) is 0 Å². The Morgan fingerprint density at radius 1 is 1.13 bits per heavy atom. The summed E-state index contributed by atoms with van der Waals surface area (Å²) in [7, 11) is 0. The van der Waals surface area contributed by atoms with Crippen molar-refractivity contribution < 1.29 is 9.18 Å². The molecule has 0 bridgehead atoms. The highest BCUT2D eigenvalue weighted by Crippen LogP contribution is 2.14. The van der Waals surface area contributed by atoms with Crippen LogP contribution in [0.1, 0.15) is 36.7 Å². The number of carbonyl (C=O) groups excluding carboxylic acids is 1. The normalized spacial score (nSPS) is 11.6. The molecule has 120 valence electrons. The minimum absolute atomic E-state index is 0.0323. The van der Waals surface area contributed by atoms with E-state index < -0.39 is 5.82 Å². The lowest BCUT2D eigenvalue weighted by Gasteiger charge is -2.27. The van der Waals surface area contributed by atoms with Crippen LogP contribution in [0.5, 0.6) is 0 Å². The van der Waals surface area contributed by atoms with Crippen LogP contribution in [0, 0.1) is 5.82 Å². The average molecular weight is 311 g/mol. The van der Waals surface area contributed by atoms with Gasteiger partial charge in [-0.2, -0.15) is 0 Å². The average Bonchev–Trinajstić information content (AvgIpc) is 2.52. The number of nitrogens with zero attached hydrogens (tertiary/aromatic N) is 1. The molecule has 0 spiro atoms. The monoisotopic (exact) mass is 311 g/mol. The molecule has 0 unspecified atom stereocenters. The standard InChI is InChI=1S/C20H22FNO/c1-15(2)22(20(23)18-10-7-11-19(21)13-18)14-16(3)12-17-8-5-4-6-9-17/h4-13,15H,14H2,1-3H3/b16-12+. The lowest BCUT2D eigenvalue weighted by atomic mass is 10.1. The van der Waals surface area contributed by atoms with Gasteiger partial charge in [0.2, 0.25) is 0 Å². The van der Waals surface area contributed by atoms with E-state index in [2.05, 4.69) is 6.08 Å². The molecule has 0 aliphatic rings. The van der Waals surface area contributed by atoms with Gasteiger partial charge in [0.1, 0.15) is 5.82 Å². The zero-order valence-corrected chi connectivity index (χ0v) is 13.8. The molecule has 0 atom stereocenters. The molecule has 0 fully saturated rings. The van der Waals surface area contributed by atoms with Crippen LogP contribution in [0.15, 0.2) is 60.2 Å². The van der Waals surface area contributed by atoms with Crippen LogP contribution in [-0.4, -0.2) is 23.4 Å². The maximum Gasteiger partial charge on any atom is 0.254 e. The van der Waals surface area contributed by atoms with Crippen LogP contribution in [0.3, 0.4) is 0 Å². The van der Waals surface area contributed by atoms with E-state index in [9.17, 15) is 9.18 Å². The van der Waals surface area contributed by atoms with Gasteiger partial charge in [0.25, 0.3) is 5.91 Å². The van der Waals surface area contributed by atoms with E-state index >= 15 is 0 Å². The molecular weight excluding hydrogens is 289 g/mol. The third-order valence-electron chi connectivity index (χ3n) is 3.59. The van der Waals surface area contributed by atoms with Gasteiger partial charge in [0.05, 0.1) is 0 Å². The van der Waals surface area contributed by atoms with E-state index in [0.717, 1.165) is 11.1 Å². The Kier molecular flexibility index (Phi) is 5.69. The molecule has 23 heavy (non-hydrogen) atoms. The van der Waals surface area contributed by atoms with E-state index in [-0.39, 0.29) is 11.9 Å². The SMILES string of the molecule is C/C(=C\c1ccccc1)CN(C(=O)c1cccc(F)c1)C(C)C. The maximum absolute atomic E-state index is 13.4. The number of rotatable bonds is 5. The fraction of sp³-hybridized carbons (Fsp3) is 0.250. The molecule has 1 amide bonds. The summed E-state index contributed by atoms with van der Waals surface area (Å²) >= 11 is 0. The third kappa shape index (κ3) is 4.78. The second-order valence-corrected chi connectivity index (χ2v) is 5.94. The Bertz CT molecular complexity index is 692. The quantitative estimate of drug-likeness (QED) is 0.778. The molecule has 0 N–H and O–H groups in total. The molecule has 2 aromatic rings. The molecule has 3 heteroatoms. The van der Waals surface area contributed by atoms with Crippen LogP contribution in [0.4, 0.5) is 4.39 Å². The number of amides is 1. The molecule has 0 radical (unpaired) electrons. The predicted octanol–water partition coefficient (Wildman–Crippen LogP) is 4.78. The Labute approximate surface area is 137 Å². The van der Waals surface area contributed by atoms with Crippen molar-refractivity contribution in [2.24, 2.45) is 0 Å². The summed E-state index contributed by atoms with van der Waals surface area (Å²) in [4.78, 5) is 14.4. The molecule has 0 aliphatic heterocycles. The first kappa shape index (κ1) is 16.9. The van der Waals surface area contributed by atoms with E-state index in [1.54, 1.807) is 17.0 Å². The second kappa shape index (κ2) is 7.73. The van der Waals surface area contributed by atoms with Crippen molar-refractivity contribution in [2.75, 3.05) is 6.54 Å². The van der Waals surface area contributed by atoms with E-state index in [4.69, 9.17) is 0 Å². The Balaban J connectivity index is 2.19. The summed E-state index contributed by atoms with van der Waals surface area (Å²) < 4.78 is 13.4. The van der Waals surface area contributed by atoms with Gasteiger partial charge >= 0.3 is 0 Å². The molecule has 0 saturated heterocycles. The minimum Gasteiger partial charge on any atom is -0.332 e. The molecule has 0 saturated carbocycles. The van der Waals surface area contributed by atoms with Gasteiger partial charge in [0.15, 0.2) is 0 Å². The van der Waals surface area contributed by atoms with Gasteiger partial charge < -0.3 is 4.90 Å². The van der Waals surface area contributed by atoms with Crippen molar-refractivity contribution >= 4 is 12.0 Å². The van der Waals surface area contributed by atoms with Crippen molar-refractivity contribution in [3.8, 4) is 0 Å². The largest absolute Gasteiger partial charge is 0.332 e. The summed E-state index contributed by atoms with van der Waals surface area (Å²) in [6.07, 6.45) is 2.06.